The minimum atomic E-state index is -6.09. The Bertz CT molecular complexity index is 1520. The van der Waals surface area contributed by atoms with Crippen LogP contribution < -0.4 is 9.47 Å². The van der Waals surface area contributed by atoms with Crippen molar-refractivity contribution in [3.63, 3.8) is 0 Å². The van der Waals surface area contributed by atoms with Crippen molar-refractivity contribution < 1.29 is 35.8 Å². The van der Waals surface area contributed by atoms with Crippen LogP contribution in [0.1, 0.15) is 11.3 Å². The van der Waals surface area contributed by atoms with E-state index >= 15 is 0 Å². The molecule has 0 aliphatic heterocycles. The molecule has 11 heteroatoms. The average molecular weight is 506 g/mol. The Kier molecular flexibility index (Phi) is 7.32. The smallest absolute Gasteiger partial charge is 0.485 e. The van der Waals surface area contributed by atoms with Gasteiger partial charge in [0.25, 0.3) is 0 Å². The van der Waals surface area contributed by atoms with E-state index < -0.39 is 15.6 Å². The van der Waals surface area contributed by atoms with Crippen LogP contribution in [0.5, 0.6) is 5.75 Å². The molecule has 0 bridgehead atoms. The summed E-state index contributed by atoms with van der Waals surface area (Å²) in [6.07, 6.45) is 5.89. The first-order chi connectivity index (χ1) is 16.3. The first-order valence-corrected chi connectivity index (χ1v) is 11.6. The van der Waals surface area contributed by atoms with Gasteiger partial charge in [-0.25, -0.2) is 8.42 Å². The van der Waals surface area contributed by atoms with Crippen molar-refractivity contribution in [1.29, 1.82) is 0 Å². The lowest BCUT2D eigenvalue weighted by atomic mass is 10.1. The predicted octanol–water partition coefficient (Wildman–Crippen LogP) is 4.21. The number of halogens is 3. The number of anilines is 1. The minimum Gasteiger partial charge on any atom is -0.741 e. The van der Waals surface area contributed by atoms with Gasteiger partial charge in [0.05, 0.1) is 0 Å². The Morgan fingerprint density at radius 2 is 1.74 bits per heavy atom. The minimum absolute atomic E-state index is 0.204. The lowest BCUT2D eigenvalue weighted by Gasteiger charge is -2.12. The molecule has 0 amide bonds. The maximum absolute atomic E-state index is 10.7. The number of benzene rings is 2. The van der Waals surface area contributed by atoms with Gasteiger partial charge in [0.2, 0.25) is 11.2 Å². The molecule has 0 unspecified atom stereocenters. The number of rotatable bonds is 3. The number of para-hydroxylation sites is 1. The summed E-state index contributed by atoms with van der Waals surface area (Å²) in [7, 11) is 0.0883. The molecule has 0 spiro atoms. The molecule has 4 aromatic rings. The molecule has 0 aliphatic rings. The van der Waals surface area contributed by atoms with Crippen LogP contribution in [0.15, 0.2) is 60.8 Å². The molecule has 2 heterocycles. The van der Waals surface area contributed by atoms with Crippen molar-refractivity contribution in [3.8, 4) is 5.75 Å². The normalized spacial score (nSPS) is 12.1. The van der Waals surface area contributed by atoms with Crippen LogP contribution in [-0.4, -0.2) is 42.7 Å². The quantitative estimate of drug-likeness (QED) is 0.255. The summed E-state index contributed by atoms with van der Waals surface area (Å²) in [4.78, 5) is 6.39. The summed E-state index contributed by atoms with van der Waals surface area (Å²) in [5.74, 6) is 0.204. The van der Waals surface area contributed by atoms with Gasteiger partial charge in [-0.2, -0.15) is 17.7 Å². The van der Waals surface area contributed by atoms with E-state index in [1.807, 2.05) is 18.2 Å². The Morgan fingerprint density at radius 3 is 2.37 bits per heavy atom. The zero-order valence-corrected chi connectivity index (χ0v) is 19.8. The number of fused-ring (bicyclic) bond motifs is 2. The molecule has 2 aromatic carbocycles. The standard InChI is InChI=1S/C23H21N3O.CHF3O3S/c1-25(2)19-11-12-21-17(15-19)8-10-18(26(21)3)9-7-16-13-14-24-23-20(16)5-4-6-22(23)27;2-1(3,4)8(5,6)7/h4-15H,1-3H3;(H,5,6,7). The van der Waals surface area contributed by atoms with Gasteiger partial charge in [-0.3, -0.25) is 4.98 Å². The summed E-state index contributed by atoms with van der Waals surface area (Å²) >= 11 is 0. The Labute approximate surface area is 200 Å². The van der Waals surface area contributed by atoms with Crippen molar-refractivity contribution in [2.75, 3.05) is 19.0 Å². The Balaban J connectivity index is 0.000000371. The zero-order valence-electron chi connectivity index (χ0n) is 19.0. The molecule has 0 saturated carbocycles. The number of phenolic OH excluding ortho intramolecular Hbond substituents is 1. The lowest BCUT2D eigenvalue weighted by molar-refractivity contribution is -0.646. The molecule has 0 aliphatic carbocycles. The molecule has 1 N–H and O–H groups in total. The Morgan fingerprint density at radius 1 is 1.06 bits per heavy atom. The van der Waals surface area contributed by atoms with Gasteiger partial charge < -0.3 is 14.6 Å². The highest BCUT2D eigenvalue weighted by Gasteiger charge is 2.36. The van der Waals surface area contributed by atoms with Crippen molar-refractivity contribution in [2.45, 2.75) is 5.51 Å². The number of nitrogens with zero attached hydrogens (tertiary/aromatic N) is 3. The van der Waals surface area contributed by atoms with Gasteiger partial charge in [0, 0.05) is 55.0 Å². The summed E-state index contributed by atoms with van der Waals surface area (Å²) in [5.41, 5.74) is -0.524. The van der Waals surface area contributed by atoms with E-state index in [0.717, 1.165) is 16.6 Å². The van der Waals surface area contributed by atoms with E-state index in [9.17, 15) is 18.3 Å². The summed E-state index contributed by atoms with van der Waals surface area (Å²) < 4.78 is 61.1. The molecule has 0 atom stereocenters. The lowest BCUT2D eigenvalue weighted by Crippen LogP contribution is -2.32. The molecule has 2 aromatic heterocycles. The highest BCUT2D eigenvalue weighted by Crippen LogP contribution is 2.26. The van der Waals surface area contributed by atoms with Crippen LogP contribution in [0.4, 0.5) is 18.9 Å². The third-order valence-corrected chi connectivity index (χ3v) is 5.78. The topological polar surface area (TPSA) is 97.4 Å². The number of alkyl halides is 3. The number of hydrogen-bond acceptors (Lipinski definition) is 6. The summed E-state index contributed by atoms with van der Waals surface area (Å²) in [6, 6.07) is 18.2. The molecule has 184 valence electrons. The number of aryl methyl sites for hydroxylation is 1. The number of pyridine rings is 2. The van der Waals surface area contributed by atoms with E-state index in [1.165, 1.54) is 16.6 Å². The molecule has 4 rings (SSSR count). The van der Waals surface area contributed by atoms with Crippen molar-refractivity contribution >= 4 is 49.8 Å². The third kappa shape index (κ3) is 5.87. The van der Waals surface area contributed by atoms with Gasteiger partial charge >= 0.3 is 5.51 Å². The van der Waals surface area contributed by atoms with Crippen molar-refractivity contribution in [3.05, 3.63) is 72.1 Å². The maximum Gasteiger partial charge on any atom is 0.485 e. The van der Waals surface area contributed by atoms with E-state index in [1.54, 1.807) is 12.3 Å². The van der Waals surface area contributed by atoms with Crippen LogP contribution >= 0.6 is 0 Å². The van der Waals surface area contributed by atoms with Crippen LogP contribution in [0, 0.1) is 0 Å². The van der Waals surface area contributed by atoms with Crippen LogP contribution in [0.3, 0.4) is 0 Å². The number of hydrogen-bond donors (Lipinski definition) is 1. The van der Waals surface area contributed by atoms with Crippen LogP contribution in [0.25, 0.3) is 34.0 Å². The number of aromatic nitrogens is 2. The second kappa shape index (κ2) is 9.88. The fraction of sp³-hybridized carbons (Fsp3) is 0.167. The second-order valence-electron chi connectivity index (χ2n) is 7.76. The third-order valence-electron chi connectivity index (χ3n) is 5.21. The van der Waals surface area contributed by atoms with Crippen LogP contribution in [-0.2, 0) is 17.2 Å². The summed E-state index contributed by atoms with van der Waals surface area (Å²) in [5, 5.41) is 12.2. The first-order valence-electron chi connectivity index (χ1n) is 10.2. The van der Waals surface area contributed by atoms with Gasteiger partial charge in [-0.1, -0.05) is 12.1 Å². The van der Waals surface area contributed by atoms with Gasteiger partial charge in [0.15, 0.2) is 10.1 Å². The fourth-order valence-electron chi connectivity index (χ4n) is 3.35. The van der Waals surface area contributed by atoms with E-state index in [-0.39, 0.29) is 5.75 Å². The second-order valence-corrected chi connectivity index (χ2v) is 9.13. The Hall–Kier alpha value is -3.70. The van der Waals surface area contributed by atoms with Crippen molar-refractivity contribution in [2.24, 2.45) is 7.05 Å². The molecular formula is C24H22F3N3O4S. The van der Waals surface area contributed by atoms with Crippen molar-refractivity contribution in [1.82, 2.24) is 4.98 Å². The molecule has 7 nitrogen and oxygen atoms in total. The van der Waals surface area contributed by atoms with Gasteiger partial charge in [-0.05, 0) is 42.0 Å². The van der Waals surface area contributed by atoms with Gasteiger partial charge in [0.1, 0.15) is 18.3 Å². The highest BCUT2D eigenvalue weighted by atomic mass is 32.2. The zero-order chi connectivity index (χ0) is 26.0. The predicted molar refractivity (Wildman–Crippen MR) is 128 cm³/mol. The SMILES string of the molecule is CN(C)c1ccc2c(ccc(C=Cc3ccnc4c(O)cccc34)[n+]2C)c1.O=S(=O)([O-])C(F)(F)F. The average Bonchev–Trinajstić information content (AvgIpc) is 2.78. The molecule has 35 heavy (non-hydrogen) atoms. The van der Waals surface area contributed by atoms with E-state index in [0.29, 0.717) is 5.52 Å². The highest BCUT2D eigenvalue weighted by molar-refractivity contribution is 7.86. The number of phenols is 1. The largest absolute Gasteiger partial charge is 0.741 e. The molecule has 0 saturated heterocycles. The first kappa shape index (κ1) is 25.9. The number of aromatic hydroxyl groups is 1. The van der Waals surface area contributed by atoms with E-state index in [4.69, 9.17) is 13.0 Å². The summed E-state index contributed by atoms with van der Waals surface area (Å²) in [6.45, 7) is 0. The van der Waals surface area contributed by atoms with E-state index in [2.05, 4.69) is 78.1 Å². The molecule has 0 radical (unpaired) electrons. The fourth-order valence-corrected chi connectivity index (χ4v) is 3.35. The molecule has 0 fully saturated rings. The van der Waals surface area contributed by atoms with Crippen LogP contribution in [0.2, 0.25) is 0 Å². The maximum atomic E-state index is 10.7. The molecular weight excluding hydrogens is 483 g/mol. The monoisotopic (exact) mass is 505 g/mol. The van der Waals surface area contributed by atoms with Gasteiger partial charge in [-0.15, -0.1) is 0 Å².